The fraction of sp³-hybridized carbons (Fsp3) is 0.333. The number of carbonyl (C=O) groups excluding carboxylic acids is 2. The first-order valence-electron chi connectivity index (χ1n) is 1.52. The summed E-state index contributed by atoms with van der Waals surface area (Å²) in [7, 11) is 0. The summed E-state index contributed by atoms with van der Waals surface area (Å²) in [5.74, 6) is -3.25. The Morgan fingerprint density at radius 1 is 1.00 bits per heavy atom. The van der Waals surface area contributed by atoms with E-state index in [1.54, 1.807) is 0 Å². The van der Waals surface area contributed by atoms with Crippen LogP contribution in [0.1, 0.15) is 6.42 Å². The zero-order valence-electron chi connectivity index (χ0n) is 5.34. The number of hydrogen-bond acceptors (Lipinski definition) is 4. The van der Waals surface area contributed by atoms with E-state index < -0.39 is 18.4 Å². The van der Waals surface area contributed by atoms with E-state index in [1.165, 1.54) is 0 Å². The van der Waals surface area contributed by atoms with Crippen LogP contribution in [0.4, 0.5) is 0 Å². The average molecular weight is 150 g/mol. The molecule has 9 heavy (non-hydrogen) atoms. The van der Waals surface area contributed by atoms with Gasteiger partial charge in [-0.3, -0.25) is 0 Å². The molecule has 0 aromatic heterocycles. The molecule has 0 rings (SSSR count). The Labute approximate surface area is 96.2 Å². The zero-order valence-corrected chi connectivity index (χ0v) is 9.34. The Bertz CT molecular complexity index is 90.0. The molecule has 0 fully saturated rings. The summed E-state index contributed by atoms with van der Waals surface area (Å²) in [6.45, 7) is 0. The Balaban J connectivity index is -0.000000180. The van der Waals surface area contributed by atoms with E-state index in [0.29, 0.717) is 0 Å². The van der Waals surface area contributed by atoms with Gasteiger partial charge in [0.2, 0.25) is 0 Å². The van der Waals surface area contributed by atoms with Crippen LogP contribution < -0.4 is 69.3 Å². The zero-order chi connectivity index (χ0) is 5.86. The van der Waals surface area contributed by atoms with Crippen molar-refractivity contribution in [3.05, 3.63) is 0 Å². The van der Waals surface area contributed by atoms with Crippen molar-refractivity contribution in [1.29, 1.82) is 0 Å². The predicted octanol–water partition coefficient (Wildman–Crippen LogP) is -9.12. The predicted molar refractivity (Wildman–Crippen MR) is 14.6 cm³/mol. The Kier molecular flexibility index (Phi) is 16.4. The van der Waals surface area contributed by atoms with Crippen molar-refractivity contribution < 1.29 is 78.9 Å². The van der Waals surface area contributed by atoms with E-state index in [1.807, 2.05) is 0 Å². The molecule has 0 heterocycles. The number of rotatable bonds is 2. The Morgan fingerprint density at radius 3 is 1.22 bits per heavy atom. The summed E-state index contributed by atoms with van der Waals surface area (Å²) < 4.78 is 0. The maximum Gasteiger partial charge on any atom is 1.00 e. The molecule has 0 aromatic carbocycles. The molecule has 0 saturated heterocycles. The van der Waals surface area contributed by atoms with Gasteiger partial charge in [-0.15, -0.1) is 0 Å². The quantitative estimate of drug-likeness (QED) is 0.289. The smallest absolute Gasteiger partial charge is 0.550 e. The molecule has 0 saturated carbocycles. The molecule has 0 atom stereocenters. The number of aliphatic carboxylic acids is 2. The van der Waals surface area contributed by atoms with Gasteiger partial charge in [0.25, 0.3) is 0 Å². The second-order valence-corrected chi connectivity index (χ2v) is 0.921. The van der Waals surface area contributed by atoms with E-state index in [4.69, 9.17) is 0 Å². The largest absolute Gasteiger partial charge is 1.00 e. The van der Waals surface area contributed by atoms with Crippen LogP contribution in [-0.4, -0.2) is 11.9 Å². The third kappa shape index (κ3) is 17.6. The first-order valence-corrected chi connectivity index (χ1v) is 1.52. The molecule has 0 aliphatic carbocycles. The molecule has 0 spiro atoms. The van der Waals surface area contributed by atoms with Crippen molar-refractivity contribution in [2.45, 2.75) is 6.42 Å². The van der Waals surface area contributed by atoms with Gasteiger partial charge in [-0.05, 0) is 0 Å². The minimum atomic E-state index is -1.63. The second kappa shape index (κ2) is 8.94. The van der Waals surface area contributed by atoms with Crippen molar-refractivity contribution in [2.24, 2.45) is 0 Å². The molecule has 0 radical (unpaired) electrons. The van der Waals surface area contributed by atoms with Crippen LogP contribution in [0.15, 0.2) is 0 Å². The number of carboxylic acid groups (broad SMARTS) is 2. The SMILES string of the molecule is O=C([O-])[14CH2]C(=O)[O-].[Na+].[Na+]. The van der Waals surface area contributed by atoms with Gasteiger partial charge in [0.1, 0.15) is 0 Å². The number of carboxylic acids is 2. The summed E-state index contributed by atoms with van der Waals surface area (Å²) >= 11 is 0. The average Bonchev–Trinajstić information content (AvgIpc) is 1.27. The fourth-order valence-corrected chi connectivity index (χ4v) is 0.118. The molecule has 0 aliphatic heterocycles. The molecule has 0 aromatic rings. The van der Waals surface area contributed by atoms with Crippen molar-refractivity contribution >= 4 is 11.9 Å². The van der Waals surface area contributed by atoms with Crippen LogP contribution in [-0.2, 0) is 9.59 Å². The first kappa shape index (κ1) is 16.5. The van der Waals surface area contributed by atoms with Gasteiger partial charge in [-0.1, -0.05) is 0 Å². The van der Waals surface area contributed by atoms with Crippen molar-refractivity contribution in [1.82, 2.24) is 0 Å². The molecule has 0 aliphatic rings. The molecule has 6 heteroatoms. The van der Waals surface area contributed by atoms with Crippen molar-refractivity contribution in [2.75, 3.05) is 0 Å². The normalized spacial score (nSPS) is 6.22. The molecule has 0 bridgehead atoms. The molecule has 0 N–H and O–H groups in total. The summed E-state index contributed by atoms with van der Waals surface area (Å²) in [5, 5.41) is 18.6. The molecular formula is C3H2Na2O4. The van der Waals surface area contributed by atoms with Crippen LogP contribution in [0.3, 0.4) is 0 Å². The number of carbonyl (C=O) groups is 2. The van der Waals surface area contributed by atoms with Crippen LogP contribution in [0.2, 0.25) is 0 Å². The molecule has 4 nitrogen and oxygen atoms in total. The maximum atomic E-state index is 9.28. The summed E-state index contributed by atoms with van der Waals surface area (Å²) in [4.78, 5) is 18.6. The molecule has 0 amide bonds. The van der Waals surface area contributed by atoms with Crippen LogP contribution in [0.25, 0.3) is 0 Å². The molecule has 0 unspecified atom stereocenters. The van der Waals surface area contributed by atoms with Crippen LogP contribution in [0.5, 0.6) is 0 Å². The Morgan fingerprint density at radius 2 is 1.22 bits per heavy atom. The molecule has 40 valence electrons. The Hall–Kier alpha value is 0.940. The van der Waals surface area contributed by atoms with Gasteiger partial charge in [-0.25, -0.2) is 0 Å². The van der Waals surface area contributed by atoms with E-state index in [0.717, 1.165) is 0 Å². The van der Waals surface area contributed by atoms with Gasteiger partial charge in [0.05, 0.1) is 0 Å². The summed E-state index contributed by atoms with van der Waals surface area (Å²) in [6, 6.07) is 0. The van der Waals surface area contributed by atoms with Gasteiger partial charge in [0.15, 0.2) is 0 Å². The molecular weight excluding hydrogens is 148 g/mol. The van der Waals surface area contributed by atoms with Gasteiger partial charge < -0.3 is 19.8 Å². The topological polar surface area (TPSA) is 80.3 Å². The van der Waals surface area contributed by atoms with Gasteiger partial charge >= 0.3 is 59.1 Å². The third-order valence-corrected chi connectivity index (χ3v) is 0.289. The van der Waals surface area contributed by atoms with E-state index in [2.05, 4.69) is 0 Å². The van der Waals surface area contributed by atoms with Crippen LogP contribution >= 0.6 is 0 Å². The monoisotopic (exact) mass is 150 g/mol. The minimum Gasteiger partial charge on any atom is -0.550 e. The van der Waals surface area contributed by atoms with E-state index in [9.17, 15) is 19.8 Å². The first-order chi connectivity index (χ1) is 3.13. The maximum absolute atomic E-state index is 9.28. The number of hydrogen-bond donors (Lipinski definition) is 0. The van der Waals surface area contributed by atoms with E-state index in [-0.39, 0.29) is 59.1 Å². The standard InChI is InChI=1S/C3H4O4.2Na/c4-2(5)1-3(6)7;;/h1H2,(H,4,5)(H,6,7);;/q;2*+1/p-2/i1+2;;. The van der Waals surface area contributed by atoms with Gasteiger partial charge in [0, 0.05) is 18.4 Å². The second-order valence-electron chi connectivity index (χ2n) is 0.921. The van der Waals surface area contributed by atoms with E-state index >= 15 is 0 Å². The summed E-state index contributed by atoms with van der Waals surface area (Å²) in [6.07, 6.45) is -1.03. The van der Waals surface area contributed by atoms with Crippen LogP contribution in [0, 0.1) is 0 Å². The van der Waals surface area contributed by atoms with Crippen molar-refractivity contribution in [3.63, 3.8) is 0 Å². The van der Waals surface area contributed by atoms with Gasteiger partial charge in [-0.2, -0.15) is 0 Å². The van der Waals surface area contributed by atoms with Crippen molar-refractivity contribution in [3.8, 4) is 0 Å². The summed E-state index contributed by atoms with van der Waals surface area (Å²) in [5.41, 5.74) is 0. The third-order valence-electron chi connectivity index (χ3n) is 0.289. The fourth-order valence-electron chi connectivity index (χ4n) is 0.118. The minimum absolute atomic E-state index is 0.